The van der Waals surface area contributed by atoms with Crippen molar-refractivity contribution in [2.24, 2.45) is 0 Å². The minimum atomic E-state index is -0.142. The van der Waals surface area contributed by atoms with Crippen LogP contribution in [-0.4, -0.2) is 27.5 Å². The summed E-state index contributed by atoms with van der Waals surface area (Å²) in [6.45, 7) is 2.15. The first-order valence-electron chi connectivity index (χ1n) is 8.34. The molecule has 0 spiro atoms. The second-order valence-corrected chi connectivity index (χ2v) is 6.31. The summed E-state index contributed by atoms with van der Waals surface area (Å²) in [5, 5.41) is 4.44. The highest BCUT2D eigenvalue weighted by Gasteiger charge is 2.26. The molecule has 6 nitrogen and oxygen atoms in total. The first kappa shape index (κ1) is 14.9. The number of fused-ring (bicyclic) bond motifs is 2. The van der Waals surface area contributed by atoms with Crippen LogP contribution >= 0.6 is 0 Å². The Morgan fingerprint density at radius 1 is 1.12 bits per heavy atom. The summed E-state index contributed by atoms with van der Waals surface area (Å²) in [5.41, 5.74) is 5.52. The quantitative estimate of drug-likeness (QED) is 0.713. The number of rotatable bonds is 2. The third-order valence-electron chi connectivity index (χ3n) is 4.71. The van der Waals surface area contributed by atoms with E-state index in [1.807, 2.05) is 37.3 Å². The molecule has 0 aliphatic carbocycles. The lowest BCUT2D eigenvalue weighted by molar-refractivity contribution is 0.0948. The molecule has 128 valence electrons. The molecule has 0 saturated heterocycles. The van der Waals surface area contributed by atoms with Gasteiger partial charge in [-0.2, -0.15) is 5.10 Å². The lowest BCUT2D eigenvalue weighted by Crippen LogP contribution is -2.19. The molecule has 0 radical (unpaired) electrons. The van der Waals surface area contributed by atoms with Gasteiger partial charge in [-0.25, -0.2) is 4.68 Å². The number of carbonyl (C=O) groups is 1. The standard InChI is InChI=1S/C20H15N3O3/c1-12-20(14-3-2-6-21-10-14)16-7-15(9-19(24)23(16)22-12)13-4-5-17-18(8-13)26-11-25-17/h2-6,8-10H,7,11H2,1H3. The molecule has 4 heterocycles. The summed E-state index contributed by atoms with van der Waals surface area (Å²) in [6.07, 6.45) is 5.78. The van der Waals surface area contributed by atoms with E-state index in [4.69, 9.17) is 9.47 Å². The third-order valence-corrected chi connectivity index (χ3v) is 4.71. The number of ether oxygens (including phenoxy) is 2. The first-order chi connectivity index (χ1) is 12.7. The minimum Gasteiger partial charge on any atom is -0.454 e. The van der Waals surface area contributed by atoms with E-state index in [-0.39, 0.29) is 12.7 Å². The molecule has 26 heavy (non-hydrogen) atoms. The number of allylic oxidation sites excluding steroid dienone is 2. The number of pyridine rings is 1. The van der Waals surface area contributed by atoms with Gasteiger partial charge in [0.25, 0.3) is 5.91 Å². The molecule has 3 aromatic rings. The Morgan fingerprint density at radius 2 is 2.00 bits per heavy atom. The van der Waals surface area contributed by atoms with Crippen molar-refractivity contribution in [3.05, 3.63) is 65.8 Å². The van der Waals surface area contributed by atoms with E-state index in [1.54, 1.807) is 18.5 Å². The average Bonchev–Trinajstić information content (AvgIpc) is 3.25. The fourth-order valence-corrected chi connectivity index (χ4v) is 3.53. The van der Waals surface area contributed by atoms with E-state index in [9.17, 15) is 4.79 Å². The third kappa shape index (κ3) is 2.23. The van der Waals surface area contributed by atoms with E-state index in [0.29, 0.717) is 12.2 Å². The van der Waals surface area contributed by atoms with Crippen molar-refractivity contribution < 1.29 is 14.3 Å². The van der Waals surface area contributed by atoms with Gasteiger partial charge in [0.15, 0.2) is 11.5 Å². The van der Waals surface area contributed by atoms with Gasteiger partial charge in [-0.3, -0.25) is 9.78 Å². The molecule has 0 bridgehead atoms. The fraction of sp³-hybridized carbons (Fsp3) is 0.150. The fourth-order valence-electron chi connectivity index (χ4n) is 3.53. The molecule has 0 atom stereocenters. The number of hydrogen-bond donors (Lipinski definition) is 0. The molecule has 0 fully saturated rings. The van der Waals surface area contributed by atoms with E-state index in [2.05, 4.69) is 10.1 Å². The van der Waals surface area contributed by atoms with Crippen molar-refractivity contribution in [3.8, 4) is 22.6 Å². The Morgan fingerprint density at radius 3 is 2.85 bits per heavy atom. The Balaban J connectivity index is 1.60. The summed E-state index contributed by atoms with van der Waals surface area (Å²) >= 11 is 0. The number of aryl methyl sites for hydroxylation is 1. The predicted octanol–water partition coefficient (Wildman–Crippen LogP) is 3.26. The number of nitrogens with zero attached hydrogens (tertiary/aromatic N) is 3. The summed E-state index contributed by atoms with van der Waals surface area (Å²) in [6, 6.07) is 9.63. The first-order valence-corrected chi connectivity index (χ1v) is 8.34. The average molecular weight is 345 g/mol. The Hall–Kier alpha value is -3.41. The summed E-state index contributed by atoms with van der Waals surface area (Å²) < 4.78 is 12.3. The molecule has 0 amide bonds. The summed E-state index contributed by atoms with van der Waals surface area (Å²) in [4.78, 5) is 16.9. The monoisotopic (exact) mass is 345 g/mol. The van der Waals surface area contributed by atoms with Crippen molar-refractivity contribution in [3.63, 3.8) is 0 Å². The van der Waals surface area contributed by atoms with Crippen molar-refractivity contribution in [2.75, 3.05) is 6.79 Å². The number of hydrogen-bond acceptors (Lipinski definition) is 5. The van der Waals surface area contributed by atoms with Crippen LogP contribution in [-0.2, 0) is 6.42 Å². The molecule has 2 aliphatic heterocycles. The molecular weight excluding hydrogens is 330 g/mol. The molecule has 6 heteroatoms. The SMILES string of the molecule is Cc1nn2c(c1-c1cccnc1)CC(c1ccc3c(c1)OCO3)=CC2=O. The highest BCUT2D eigenvalue weighted by Crippen LogP contribution is 2.38. The van der Waals surface area contributed by atoms with Crippen LogP contribution in [0.1, 0.15) is 21.7 Å². The molecule has 0 saturated carbocycles. The van der Waals surface area contributed by atoms with Crippen molar-refractivity contribution >= 4 is 11.5 Å². The maximum atomic E-state index is 12.7. The second kappa shape index (κ2) is 5.56. The van der Waals surface area contributed by atoms with E-state index < -0.39 is 0 Å². The van der Waals surface area contributed by atoms with E-state index in [0.717, 1.165) is 39.4 Å². The molecule has 0 N–H and O–H groups in total. The number of benzene rings is 1. The lowest BCUT2D eigenvalue weighted by atomic mass is 9.94. The van der Waals surface area contributed by atoms with Crippen LogP contribution in [0.2, 0.25) is 0 Å². The topological polar surface area (TPSA) is 66.2 Å². The Bertz CT molecular complexity index is 1070. The van der Waals surface area contributed by atoms with E-state index in [1.165, 1.54) is 4.68 Å². The predicted molar refractivity (Wildman–Crippen MR) is 95.1 cm³/mol. The van der Waals surface area contributed by atoms with Crippen LogP contribution in [0.3, 0.4) is 0 Å². The molecule has 2 aliphatic rings. The summed E-state index contributed by atoms with van der Waals surface area (Å²) in [5.74, 6) is 1.30. The maximum absolute atomic E-state index is 12.7. The second-order valence-electron chi connectivity index (χ2n) is 6.31. The van der Waals surface area contributed by atoms with Crippen LogP contribution in [0.4, 0.5) is 0 Å². The largest absolute Gasteiger partial charge is 0.454 e. The molecule has 5 rings (SSSR count). The molecule has 2 aromatic heterocycles. The molecule has 1 aromatic carbocycles. The number of carbonyl (C=O) groups excluding carboxylic acids is 1. The van der Waals surface area contributed by atoms with Gasteiger partial charge in [-0.15, -0.1) is 0 Å². The zero-order valence-electron chi connectivity index (χ0n) is 14.1. The van der Waals surface area contributed by atoms with Crippen LogP contribution in [0, 0.1) is 6.92 Å². The smallest absolute Gasteiger partial charge is 0.271 e. The van der Waals surface area contributed by atoms with Crippen LogP contribution in [0.25, 0.3) is 16.7 Å². The van der Waals surface area contributed by atoms with Crippen LogP contribution in [0.15, 0.2) is 48.8 Å². The van der Waals surface area contributed by atoms with Gasteiger partial charge in [0.05, 0.1) is 11.4 Å². The maximum Gasteiger partial charge on any atom is 0.271 e. The molecule has 0 unspecified atom stereocenters. The molecular formula is C20H15N3O3. The van der Waals surface area contributed by atoms with Crippen LogP contribution in [0.5, 0.6) is 11.5 Å². The Kier molecular flexibility index (Phi) is 3.18. The van der Waals surface area contributed by atoms with Gasteiger partial charge < -0.3 is 9.47 Å². The van der Waals surface area contributed by atoms with Gasteiger partial charge >= 0.3 is 0 Å². The normalized spacial score (nSPS) is 15.0. The highest BCUT2D eigenvalue weighted by molar-refractivity contribution is 6.00. The summed E-state index contributed by atoms with van der Waals surface area (Å²) in [7, 11) is 0. The van der Waals surface area contributed by atoms with Gasteiger partial charge in [0.1, 0.15) is 0 Å². The zero-order valence-corrected chi connectivity index (χ0v) is 14.1. The van der Waals surface area contributed by atoms with Crippen molar-refractivity contribution in [2.45, 2.75) is 13.3 Å². The van der Waals surface area contributed by atoms with Crippen molar-refractivity contribution in [1.29, 1.82) is 0 Å². The van der Waals surface area contributed by atoms with E-state index >= 15 is 0 Å². The van der Waals surface area contributed by atoms with Crippen LogP contribution < -0.4 is 9.47 Å². The van der Waals surface area contributed by atoms with Gasteiger partial charge in [-0.05, 0) is 36.3 Å². The van der Waals surface area contributed by atoms with Crippen molar-refractivity contribution in [1.82, 2.24) is 14.8 Å². The zero-order chi connectivity index (χ0) is 17.7. The Labute approximate surface area is 149 Å². The lowest BCUT2D eigenvalue weighted by Gasteiger charge is -2.16. The highest BCUT2D eigenvalue weighted by atomic mass is 16.7. The van der Waals surface area contributed by atoms with Gasteiger partial charge in [0, 0.05) is 36.0 Å². The van der Waals surface area contributed by atoms with Gasteiger partial charge in [-0.1, -0.05) is 12.1 Å². The number of aromatic nitrogens is 3. The minimum absolute atomic E-state index is 0.142. The van der Waals surface area contributed by atoms with Gasteiger partial charge in [0.2, 0.25) is 6.79 Å².